The van der Waals surface area contributed by atoms with Gasteiger partial charge in [-0.15, -0.1) is 22.7 Å². The molecule has 34 heavy (non-hydrogen) atoms. The van der Waals surface area contributed by atoms with Crippen molar-refractivity contribution in [1.29, 1.82) is 0 Å². The lowest BCUT2D eigenvalue weighted by molar-refractivity contribution is -0.120. The van der Waals surface area contributed by atoms with Crippen molar-refractivity contribution >= 4 is 49.6 Å². The van der Waals surface area contributed by atoms with Crippen molar-refractivity contribution in [2.45, 2.75) is 56.8 Å². The highest BCUT2D eigenvalue weighted by atomic mass is 32.2. The third kappa shape index (κ3) is 5.08. The summed E-state index contributed by atoms with van der Waals surface area (Å²) in [6.45, 7) is 8.42. The maximum absolute atomic E-state index is 13.3. The average molecular weight is 526 g/mol. The number of amides is 1. The molecule has 0 aromatic carbocycles. The van der Waals surface area contributed by atoms with Crippen LogP contribution in [0, 0.1) is 5.92 Å². The van der Waals surface area contributed by atoms with Gasteiger partial charge >= 0.3 is 5.97 Å². The Kier molecular flexibility index (Phi) is 7.78. The van der Waals surface area contributed by atoms with Crippen LogP contribution in [-0.2, 0) is 32.5 Å². The highest BCUT2D eigenvalue weighted by Crippen LogP contribution is 2.38. The van der Waals surface area contributed by atoms with Crippen molar-refractivity contribution in [2.24, 2.45) is 5.92 Å². The Bertz CT molecular complexity index is 1140. The van der Waals surface area contributed by atoms with Gasteiger partial charge in [-0.3, -0.25) is 9.69 Å². The molecular formula is C23H31N3O5S3. The molecular weight excluding hydrogens is 494 g/mol. The Morgan fingerprint density at radius 2 is 2.09 bits per heavy atom. The van der Waals surface area contributed by atoms with Crippen LogP contribution in [0.2, 0.25) is 0 Å². The van der Waals surface area contributed by atoms with Gasteiger partial charge in [0.25, 0.3) is 10.0 Å². The van der Waals surface area contributed by atoms with Gasteiger partial charge in [0.2, 0.25) is 5.91 Å². The lowest BCUT2D eigenvalue weighted by atomic mass is 9.98. The molecule has 0 saturated carbocycles. The number of fused-ring (bicyclic) bond motifs is 1. The van der Waals surface area contributed by atoms with E-state index in [0.29, 0.717) is 40.2 Å². The van der Waals surface area contributed by atoms with Gasteiger partial charge < -0.3 is 10.1 Å². The second-order valence-corrected chi connectivity index (χ2v) is 13.1. The molecule has 1 N–H and O–H groups in total. The first-order valence-electron chi connectivity index (χ1n) is 11.6. The number of piperidine rings is 1. The van der Waals surface area contributed by atoms with Gasteiger partial charge in [-0.2, -0.15) is 4.31 Å². The molecule has 1 fully saturated rings. The van der Waals surface area contributed by atoms with E-state index in [0.717, 1.165) is 30.0 Å². The van der Waals surface area contributed by atoms with E-state index in [1.165, 1.54) is 27.0 Å². The van der Waals surface area contributed by atoms with Gasteiger partial charge in [0.1, 0.15) is 9.21 Å². The number of thiophene rings is 2. The van der Waals surface area contributed by atoms with Gasteiger partial charge in [0, 0.05) is 37.1 Å². The standard InChI is InChI=1S/C23H31N3O5S3/c1-4-31-23(28)20-17-9-11-25(15(2)3)14-18(17)33-22(20)24-21(27)16-7-5-10-26(13-16)34(29,30)19-8-6-12-32-19/h6,8,12,15-16H,4-5,7,9-11,13-14H2,1-3H3,(H,24,27). The normalized spacial score (nSPS) is 19.7. The maximum atomic E-state index is 13.3. The Balaban J connectivity index is 1.55. The minimum atomic E-state index is -3.61. The lowest BCUT2D eigenvalue weighted by Gasteiger charge is -2.30. The van der Waals surface area contributed by atoms with Crippen molar-refractivity contribution in [3.8, 4) is 0 Å². The number of nitrogens with one attached hydrogen (secondary N) is 1. The molecule has 4 rings (SSSR count). The number of hydrogen-bond acceptors (Lipinski definition) is 8. The Hall–Kier alpha value is -1.79. The predicted molar refractivity (Wildman–Crippen MR) is 134 cm³/mol. The molecule has 0 radical (unpaired) electrons. The predicted octanol–water partition coefficient (Wildman–Crippen LogP) is 3.79. The van der Waals surface area contributed by atoms with Crippen LogP contribution in [0.15, 0.2) is 21.7 Å². The number of rotatable bonds is 7. The van der Waals surface area contributed by atoms with Gasteiger partial charge in [0.15, 0.2) is 0 Å². The van der Waals surface area contributed by atoms with Crippen LogP contribution >= 0.6 is 22.7 Å². The number of hydrogen-bond donors (Lipinski definition) is 1. The van der Waals surface area contributed by atoms with Crippen molar-refractivity contribution in [1.82, 2.24) is 9.21 Å². The Labute approximate surface area is 208 Å². The van der Waals surface area contributed by atoms with Crippen molar-refractivity contribution < 1.29 is 22.7 Å². The third-order valence-corrected chi connectivity index (χ3v) is 10.7. The van der Waals surface area contributed by atoms with Crippen LogP contribution in [0.25, 0.3) is 0 Å². The highest BCUT2D eigenvalue weighted by Gasteiger charge is 2.35. The van der Waals surface area contributed by atoms with E-state index in [1.54, 1.807) is 24.4 Å². The SMILES string of the molecule is CCOC(=O)c1c(NC(=O)C2CCCN(S(=O)(=O)c3cccs3)C2)sc2c1CCN(C(C)C)C2. The van der Waals surface area contributed by atoms with Crippen molar-refractivity contribution in [3.05, 3.63) is 33.5 Å². The first kappa shape index (κ1) is 25.3. The molecule has 0 bridgehead atoms. The molecule has 0 aliphatic carbocycles. The zero-order valence-electron chi connectivity index (χ0n) is 19.7. The molecule has 2 aliphatic heterocycles. The number of carbonyl (C=O) groups is 2. The van der Waals surface area contributed by atoms with E-state index in [1.807, 2.05) is 0 Å². The fourth-order valence-corrected chi connectivity index (χ4v) is 8.43. The molecule has 0 spiro atoms. The number of anilines is 1. The van der Waals surface area contributed by atoms with Crippen LogP contribution in [0.4, 0.5) is 5.00 Å². The number of nitrogens with zero attached hydrogens (tertiary/aromatic N) is 2. The van der Waals surface area contributed by atoms with Crippen LogP contribution in [0.3, 0.4) is 0 Å². The van der Waals surface area contributed by atoms with Crippen LogP contribution in [0.1, 0.15) is 54.4 Å². The quantitative estimate of drug-likeness (QED) is 0.553. The first-order chi connectivity index (χ1) is 16.2. The molecule has 4 heterocycles. The summed E-state index contributed by atoms with van der Waals surface area (Å²) < 4.78 is 32.9. The molecule has 1 amide bonds. The third-order valence-electron chi connectivity index (χ3n) is 6.38. The van der Waals surface area contributed by atoms with E-state index in [-0.39, 0.29) is 19.1 Å². The summed E-state index contributed by atoms with van der Waals surface area (Å²) in [6, 6.07) is 3.69. The topological polar surface area (TPSA) is 96.0 Å². The van der Waals surface area contributed by atoms with Crippen LogP contribution in [0.5, 0.6) is 0 Å². The van der Waals surface area contributed by atoms with Gasteiger partial charge in [0.05, 0.1) is 18.1 Å². The molecule has 2 aromatic heterocycles. The second-order valence-electron chi connectivity index (χ2n) is 8.87. The van der Waals surface area contributed by atoms with Gasteiger partial charge in [-0.1, -0.05) is 6.07 Å². The van der Waals surface area contributed by atoms with Gasteiger partial charge in [-0.05, 0) is 57.0 Å². The molecule has 8 nitrogen and oxygen atoms in total. The zero-order valence-corrected chi connectivity index (χ0v) is 22.2. The van der Waals surface area contributed by atoms with E-state index < -0.39 is 21.9 Å². The molecule has 186 valence electrons. The molecule has 1 unspecified atom stereocenters. The Morgan fingerprint density at radius 1 is 1.29 bits per heavy atom. The van der Waals surface area contributed by atoms with Gasteiger partial charge in [-0.25, -0.2) is 13.2 Å². The van der Waals surface area contributed by atoms with Crippen molar-refractivity contribution in [2.75, 3.05) is 31.6 Å². The molecule has 1 saturated heterocycles. The number of carbonyl (C=O) groups excluding carboxylic acids is 2. The molecule has 2 aliphatic rings. The molecule has 11 heteroatoms. The summed E-state index contributed by atoms with van der Waals surface area (Å²) in [7, 11) is -3.61. The lowest BCUT2D eigenvalue weighted by Crippen LogP contribution is -2.43. The smallest absolute Gasteiger partial charge is 0.341 e. The van der Waals surface area contributed by atoms with E-state index in [4.69, 9.17) is 4.74 Å². The summed E-state index contributed by atoms with van der Waals surface area (Å²) in [4.78, 5) is 29.5. The maximum Gasteiger partial charge on any atom is 0.341 e. The summed E-state index contributed by atoms with van der Waals surface area (Å²) in [5.74, 6) is -1.15. The van der Waals surface area contributed by atoms with E-state index in [9.17, 15) is 18.0 Å². The number of ether oxygens (including phenoxy) is 1. The zero-order chi connectivity index (χ0) is 24.5. The summed E-state index contributed by atoms with van der Waals surface area (Å²) in [5, 5.41) is 5.21. The van der Waals surface area contributed by atoms with Crippen molar-refractivity contribution in [3.63, 3.8) is 0 Å². The largest absolute Gasteiger partial charge is 0.462 e. The fourth-order valence-electron chi connectivity index (χ4n) is 4.50. The van der Waals surface area contributed by atoms with Crippen LogP contribution < -0.4 is 5.32 Å². The minimum absolute atomic E-state index is 0.132. The minimum Gasteiger partial charge on any atom is -0.462 e. The van der Waals surface area contributed by atoms with E-state index >= 15 is 0 Å². The number of esters is 1. The fraction of sp³-hybridized carbons (Fsp3) is 0.565. The molecule has 2 aromatic rings. The summed E-state index contributed by atoms with van der Waals surface area (Å²) in [6.07, 6.45) is 1.94. The second kappa shape index (κ2) is 10.4. The van der Waals surface area contributed by atoms with Crippen LogP contribution in [-0.4, -0.2) is 61.8 Å². The Morgan fingerprint density at radius 3 is 2.76 bits per heavy atom. The summed E-state index contributed by atoms with van der Waals surface area (Å²) >= 11 is 2.61. The average Bonchev–Trinajstić information content (AvgIpc) is 3.47. The number of sulfonamides is 1. The summed E-state index contributed by atoms with van der Waals surface area (Å²) in [5.41, 5.74) is 1.42. The highest BCUT2D eigenvalue weighted by molar-refractivity contribution is 7.91. The monoisotopic (exact) mass is 525 g/mol. The van der Waals surface area contributed by atoms with E-state index in [2.05, 4.69) is 24.1 Å². The first-order valence-corrected chi connectivity index (χ1v) is 14.8. The molecule has 1 atom stereocenters.